The monoisotopic (exact) mass is 232 g/mol. The molecular weight excluding hydrogens is 216 g/mol. The second-order valence-electron chi connectivity index (χ2n) is 4.89. The number of carbonyl (C=O) groups excluding carboxylic acids is 1. The molecule has 90 valence electrons. The van der Waals surface area contributed by atoms with Gasteiger partial charge in [-0.15, -0.1) is 0 Å². The van der Waals surface area contributed by atoms with Gasteiger partial charge in [0.2, 0.25) is 0 Å². The van der Waals surface area contributed by atoms with Crippen LogP contribution in [-0.4, -0.2) is 23.2 Å². The lowest BCUT2D eigenvalue weighted by Gasteiger charge is -2.30. The van der Waals surface area contributed by atoms with Crippen molar-refractivity contribution in [2.75, 3.05) is 11.4 Å². The van der Waals surface area contributed by atoms with Crippen molar-refractivity contribution >= 4 is 11.9 Å². The third-order valence-electron chi connectivity index (χ3n) is 3.66. The smallest absolute Gasteiger partial charge is 0.416 e. The maximum atomic E-state index is 11.9. The Hall–Kier alpha value is -1.58. The highest BCUT2D eigenvalue weighted by molar-refractivity contribution is 5.89. The van der Waals surface area contributed by atoms with Crippen LogP contribution < -0.4 is 4.90 Å². The molecule has 0 unspecified atom stereocenters. The lowest BCUT2D eigenvalue weighted by atomic mass is 9.85. The van der Waals surface area contributed by atoms with Crippen LogP contribution in [0.4, 0.5) is 10.6 Å². The molecule has 1 aromatic rings. The highest BCUT2D eigenvalue weighted by Gasteiger charge is 2.46. The fourth-order valence-corrected chi connectivity index (χ4v) is 2.77. The van der Waals surface area contributed by atoms with E-state index < -0.39 is 0 Å². The highest BCUT2D eigenvalue weighted by Crippen LogP contribution is 2.38. The van der Waals surface area contributed by atoms with E-state index in [9.17, 15) is 4.79 Å². The number of carbonyl (C=O) groups is 1. The van der Waals surface area contributed by atoms with Gasteiger partial charge in [-0.25, -0.2) is 9.78 Å². The Kier molecular flexibility index (Phi) is 2.50. The van der Waals surface area contributed by atoms with Crippen LogP contribution in [-0.2, 0) is 4.74 Å². The Morgan fingerprint density at radius 2 is 2.06 bits per heavy atom. The van der Waals surface area contributed by atoms with Gasteiger partial charge in [0.15, 0.2) is 0 Å². The molecule has 0 radical (unpaired) electrons. The SMILES string of the molecule is O=C1OC2(CCCCC2)CN1c1ccccn1. The predicted octanol–water partition coefficient (Wildman–Crippen LogP) is 2.74. The van der Waals surface area contributed by atoms with E-state index in [1.165, 1.54) is 6.42 Å². The van der Waals surface area contributed by atoms with E-state index in [0.717, 1.165) is 25.7 Å². The fourth-order valence-electron chi connectivity index (χ4n) is 2.77. The van der Waals surface area contributed by atoms with E-state index in [1.807, 2.05) is 18.2 Å². The van der Waals surface area contributed by atoms with Crippen molar-refractivity contribution in [3.63, 3.8) is 0 Å². The predicted molar refractivity (Wildman–Crippen MR) is 63.9 cm³/mol. The van der Waals surface area contributed by atoms with Gasteiger partial charge in [0.1, 0.15) is 11.4 Å². The number of rotatable bonds is 1. The second-order valence-corrected chi connectivity index (χ2v) is 4.89. The average Bonchev–Trinajstić information content (AvgIpc) is 2.68. The first-order valence-corrected chi connectivity index (χ1v) is 6.21. The van der Waals surface area contributed by atoms with E-state index in [0.29, 0.717) is 12.4 Å². The number of hydrogen-bond acceptors (Lipinski definition) is 3. The summed E-state index contributed by atoms with van der Waals surface area (Å²) in [6, 6.07) is 5.59. The summed E-state index contributed by atoms with van der Waals surface area (Å²) in [4.78, 5) is 17.8. The Morgan fingerprint density at radius 3 is 2.76 bits per heavy atom. The zero-order valence-corrected chi connectivity index (χ0v) is 9.76. The van der Waals surface area contributed by atoms with Gasteiger partial charge in [-0.3, -0.25) is 4.90 Å². The molecule has 1 saturated heterocycles. The van der Waals surface area contributed by atoms with Gasteiger partial charge >= 0.3 is 6.09 Å². The molecule has 1 aliphatic carbocycles. The molecule has 3 rings (SSSR count). The van der Waals surface area contributed by atoms with E-state index in [4.69, 9.17) is 4.74 Å². The van der Waals surface area contributed by atoms with Gasteiger partial charge < -0.3 is 4.74 Å². The van der Waals surface area contributed by atoms with Gasteiger partial charge in [-0.2, -0.15) is 0 Å². The van der Waals surface area contributed by atoms with E-state index in [1.54, 1.807) is 11.1 Å². The zero-order chi connectivity index (χ0) is 11.7. The summed E-state index contributed by atoms with van der Waals surface area (Å²) in [5.74, 6) is 0.694. The standard InChI is InChI=1S/C13H16N2O2/c16-12-15(11-6-2-5-9-14-11)10-13(17-12)7-3-1-4-8-13/h2,5-6,9H,1,3-4,7-8,10H2. The summed E-state index contributed by atoms with van der Waals surface area (Å²) in [5, 5.41) is 0. The van der Waals surface area contributed by atoms with Crippen LogP contribution in [0.25, 0.3) is 0 Å². The van der Waals surface area contributed by atoms with Crippen LogP contribution in [0.2, 0.25) is 0 Å². The number of aromatic nitrogens is 1. The van der Waals surface area contributed by atoms with Crippen molar-refractivity contribution in [3.05, 3.63) is 24.4 Å². The van der Waals surface area contributed by atoms with Crippen molar-refractivity contribution in [2.45, 2.75) is 37.7 Å². The van der Waals surface area contributed by atoms with Crippen molar-refractivity contribution in [2.24, 2.45) is 0 Å². The van der Waals surface area contributed by atoms with Crippen LogP contribution in [0.5, 0.6) is 0 Å². The van der Waals surface area contributed by atoms with Crippen LogP contribution >= 0.6 is 0 Å². The molecule has 0 N–H and O–H groups in total. The van der Waals surface area contributed by atoms with Crippen LogP contribution in [0.3, 0.4) is 0 Å². The summed E-state index contributed by atoms with van der Waals surface area (Å²) in [7, 11) is 0. The Bertz CT molecular complexity index is 413. The molecule has 2 heterocycles. The Labute approximate surface area is 101 Å². The lowest BCUT2D eigenvalue weighted by molar-refractivity contribution is 0.0260. The van der Waals surface area contributed by atoms with Crippen LogP contribution in [0, 0.1) is 0 Å². The highest BCUT2D eigenvalue weighted by atomic mass is 16.6. The molecular formula is C13H16N2O2. The minimum atomic E-state index is -0.245. The molecule has 1 aliphatic heterocycles. The first kappa shape index (κ1) is 10.6. The molecule has 0 bridgehead atoms. The summed E-state index contributed by atoms with van der Waals surface area (Å²) in [6.45, 7) is 0.656. The van der Waals surface area contributed by atoms with E-state index in [-0.39, 0.29) is 11.7 Å². The number of pyridine rings is 1. The molecule has 2 aliphatic rings. The van der Waals surface area contributed by atoms with Gasteiger partial charge in [0.25, 0.3) is 0 Å². The second kappa shape index (κ2) is 4.02. The Balaban J connectivity index is 1.82. The molecule has 0 atom stereocenters. The van der Waals surface area contributed by atoms with Gasteiger partial charge in [0.05, 0.1) is 6.54 Å². The minimum absolute atomic E-state index is 0.243. The third kappa shape index (κ3) is 1.88. The van der Waals surface area contributed by atoms with E-state index >= 15 is 0 Å². The summed E-state index contributed by atoms with van der Waals surface area (Å²) < 4.78 is 5.60. The summed E-state index contributed by atoms with van der Waals surface area (Å²) in [5.41, 5.74) is -0.243. The van der Waals surface area contributed by atoms with Gasteiger partial charge in [0, 0.05) is 6.20 Å². The normalized spacial score (nSPS) is 22.8. The molecule has 1 aromatic heterocycles. The maximum absolute atomic E-state index is 11.9. The first-order chi connectivity index (χ1) is 8.29. The van der Waals surface area contributed by atoms with Crippen molar-refractivity contribution in [1.29, 1.82) is 0 Å². The number of hydrogen-bond donors (Lipinski definition) is 0. The van der Waals surface area contributed by atoms with Gasteiger partial charge in [-0.1, -0.05) is 12.5 Å². The molecule has 1 saturated carbocycles. The Morgan fingerprint density at radius 1 is 1.24 bits per heavy atom. The van der Waals surface area contributed by atoms with Crippen LogP contribution in [0.15, 0.2) is 24.4 Å². The molecule has 1 amide bonds. The largest absolute Gasteiger partial charge is 0.441 e. The zero-order valence-electron chi connectivity index (χ0n) is 9.76. The van der Waals surface area contributed by atoms with Crippen molar-refractivity contribution in [1.82, 2.24) is 4.98 Å². The van der Waals surface area contributed by atoms with Crippen molar-refractivity contribution < 1.29 is 9.53 Å². The minimum Gasteiger partial charge on any atom is -0.441 e. The number of amides is 1. The maximum Gasteiger partial charge on any atom is 0.416 e. The summed E-state index contributed by atoms with van der Waals surface area (Å²) >= 11 is 0. The number of nitrogens with zero attached hydrogens (tertiary/aromatic N) is 2. The van der Waals surface area contributed by atoms with Gasteiger partial charge in [-0.05, 0) is 37.8 Å². The third-order valence-corrected chi connectivity index (χ3v) is 3.66. The number of anilines is 1. The lowest BCUT2D eigenvalue weighted by Crippen LogP contribution is -2.36. The topological polar surface area (TPSA) is 42.4 Å². The molecule has 1 spiro atoms. The quantitative estimate of drug-likeness (QED) is 0.747. The average molecular weight is 232 g/mol. The molecule has 4 heteroatoms. The van der Waals surface area contributed by atoms with Crippen molar-refractivity contribution in [3.8, 4) is 0 Å². The first-order valence-electron chi connectivity index (χ1n) is 6.21. The molecule has 0 aromatic carbocycles. The molecule has 2 fully saturated rings. The summed E-state index contributed by atoms with van der Waals surface area (Å²) in [6.07, 6.45) is 7.00. The molecule has 4 nitrogen and oxygen atoms in total. The van der Waals surface area contributed by atoms with E-state index in [2.05, 4.69) is 4.98 Å². The fraction of sp³-hybridized carbons (Fsp3) is 0.538. The number of ether oxygens (including phenoxy) is 1. The molecule has 17 heavy (non-hydrogen) atoms. The van der Waals surface area contributed by atoms with Crippen LogP contribution in [0.1, 0.15) is 32.1 Å².